The number of aliphatic hydroxyl groups excluding tert-OH is 1. The Hall–Kier alpha value is -2.31. The highest BCUT2D eigenvalue weighted by Crippen LogP contribution is 2.64. The number of ether oxygens (including phenoxy) is 1. The molecule has 4 aliphatic carbocycles. The van der Waals surface area contributed by atoms with Crippen molar-refractivity contribution >= 4 is 5.78 Å². The van der Waals surface area contributed by atoms with E-state index in [-0.39, 0.29) is 17.3 Å². The second kappa shape index (κ2) is 9.74. The Morgan fingerprint density at radius 1 is 1.18 bits per heavy atom. The third kappa shape index (κ3) is 4.16. The van der Waals surface area contributed by atoms with Crippen molar-refractivity contribution in [2.75, 3.05) is 7.11 Å². The fourth-order valence-corrected chi connectivity index (χ4v) is 7.35. The van der Waals surface area contributed by atoms with Crippen LogP contribution >= 0.6 is 0 Å². The first-order chi connectivity index (χ1) is 16.2. The number of carbonyl (C=O) groups excluding carboxylic acids is 1. The number of rotatable bonds is 3. The summed E-state index contributed by atoms with van der Waals surface area (Å²) < 4.78 is 5.81. The molecular weight excluding hydrogens is 420 g/mol. The predicted molar refractivity (Wildman–Crippen MR) is 138 cm³/mol. The van der Waals surface area contributed by atoms with Gasteiger partial charge in [-0.3, -0.25) is 4.79 Å². The zero-order chi connectivity index (χ0) is 24.6. The second-order valence-electron chi connectivity index (χ2n) is 11.1. The highest BCUT2D eigenvalue weighted by Gasteiger charge is 2.56. The van der Waals surface area contributed by atoms with E-state index in [4.69, 9.17) is 4.74 Å². The molecule has 0 aliphatic heterocycles. The molecule has 4 aliphatic rings. The predicted octanol–water partition coefficient (Wildman–Crippen LogP) is 6.72. The number of fused-ring (bicyclic) bond motifs is 4. The van der Waals surface area contributed by atoms with E-state index in [2.05, 4.69) is 51.3 Å². The lowest BCUT2D eigenvalue weighted by Gasteiger charge is -2.52. The van der Waals surface area contributed by atoms with Crippen LogP contribution < -0.4 is 4.74 Å². The average molecular weight is 461 g/mol. The zero-order valence-electron chi connectivity index (χ0n) is 21.5. The molecule has 0 saturated heterocycles. The molecule has 3 heteroatoms. The first-order valence-corrected chi connectivity index (χ1v) is 12.9. The number of hydrogen-bond donors (Lipinski definition) is 1. The molecule has 1 aromatic carbocycles. The minimum atomic E-state index is -0.215. The van der Waals surface area contributed by atoms with Crippen molar-refractivity contribution in [3.05, 3.63) is 52.1 Å². The summed E-state index contributed by atoms with van der Waals surface area (Å²) in [4.78, 5) is 12.1. The number of carbonyl (C=O) groups is 1. The van der Waals surface area contributed by atoms with E-state index in [0.717, 1.165) is 44.3 Å². The lowest BCUT2D eigenvalue weighted by atomic mass is 9.53. The standard InChI is InChI=1S/C28H36O3.C3H4/c1-16(2)20-8-5-18(14-25(20)31-4)23-15-28(3)24(11-12-26(28)30)22-9-6-17-13-19(29)7-10-21(17)27(22)23;1-3-2/h5,8,13-14,16,22-24,26,30H,6-7,9-12,15H2,1-4H3;1H,2H3. The van der Waals surface area contributed by atoms with E-state index >= 15 is 0 Å². The van der Waals surface area contributed by atoms with E-state index in [1.165, 1.54) is 22.3 Å². The summed E-state index contributed by atoms with van der Waals surface area (Å²) >= 11 is 0. The summed E-state index contributed by atoms with van der Waals surface area (Å²) in [5, 5.41) is 11.0. The van der Waals surface area contributed by atoms with Crippen molar-refractivity contribution in [2.45, 2.75) is 90.6 Å². The molecular formula is C31H40O3. The van der Waals surface area contributed by atoms with Crippen LogP contribution in [0.1, 0.15) is 95.6 Å². The van der Waals surface area contributed by atoms with Crippen LogP contribution in [0.3, 0.4) is 0 Å². The van der Waals surface area contributed by atoms with Crippen LogP contribution in [-0.2, 0) is 4.79 Å². The van der Waals surface area contributed by atoms with E-state index in [0.29, 0.717) is 30.1 Å². The number of terminal acetylenes is 1. The summed E-state index contributed by atoms with van der Waals surface area (Å²) in [5.41, 5.74) is 6.87. The van der Waals surface area contributed by atoms with Gasteiger partial charge in [0.15, 0.2) is 5.78 Å². The monoisotopic (exact) mass is 460 g/mol. The molecule has 5 unspecified atom stereocenters. The number of hydrogen-bond acceptors (Lipinski definition) is 3. The molecule has 0 amide bonds. The van der Waals surface area contributed by atoms with Gasteiger partial charge in [0, 0.05) is 12.3 Å². The Kier molecular flexibility index (Phi) is 7.11. The Labute approximate surface area is 205 Å². The molecule has 182 valence electrons. The van der Waals surface area contributed by atoms with E-state index < -0.39 is 0 Å². The van der Waals surface area contributed by atoms with Crippen molar-refractivity contribution < 1.29 is 14.6 Å². The van der Waals surface area contributed by atoms with Crippen molar-refractivity contribution in [3.8, 4) is 18.1 Å². The molecule has 0 heterocycles. The summed E-state index contributed by atoms with van der Waals surface area (Å²) in [6, 6.07) is 6.79. The lowest BCUT2D eigenvalue weighted by Crippen LogP contribution is -2.45. The van der Waals surface area contributed by atoms with Gasteiger partial charge in [0.25, 0.3) is 0 Å². The highest BCUT2D eigenvalue weighted by atomic mass is 16.5. The Morgan fingerprint density at radius 3 is 2.59 bits per heavy atom. The molecule has 2 fully saturated rings. The topological polar surface area (TPSA) is 46.5 Å². The van der Waals surface area contributed by atoms with Gasteiger partial charge in [-0.1, -0.05) is 38.5 Å². The minimum Gasteiger partial charge on any atom is -0.496 e. The maximum atomic E-state index is 12.1. The van der Waals surface area contributed by atoms with E-state index in [9.17, 15) is 9.90 Å². The third-order valence-corrected chi connectivity index (χ3v) is 8.96. The van der Waals surface area contributed by atoms with Crippen LogP contribution in [0, 0.1) is 29.6 Å². The number of ketones is 1. The van der Waals surface area contributed by atoms with Crippen molar-refractivity contribution in [2.24, 2.45) is 17.3 Å². The SMILES string of the molecule is C#CC.COc1cc(C2CC3(C)C(O)CCC3C3CCC4=CC(=O)CCC4=C23)ccc1C(C)C. The van der Waals surface area contributed by atoms with Gasteiger partial charge in [0.05, 0.1) is 13.2 Å². The Balaban J connectivity index is 0.000000868. The molecule has 34 heavy (non-hydrogen) atoms. The van der Waals surface area contributed by atoms with Gasteiger partial charge in [-0.05, 0) is 103 Å². The smallest absolute Gasteiger partial charge is 0.156 e. The molecule has 0 spiro atoms. The summed E-state index contributed by atoms with van der Waals surface area (Å²) in [5.74, 6) is 5.29. The van der Waals surface area contributed by atoms with Gasteiger partial charge in [-0.15, -0.1) is 12.3 Å². The fourth-order valence-electron chi connectivity index (χ4n) is 7.35. The molecule has 0 radical (unpaired) electrons. The zero-order valence-corrected chi connectivity index (χ0v) is 21.5. The molecule has 1 N–H and O–H groups in total. The average Bonchev–Trinajstić information content (AvgIpc) is 3.12. The Bertz CT molecular complexity index is 1050. The molecule has 2 saturated carbocycles. The molecule has 0 bridgehead atoms. The fraction of sp³-hybridized carbons (Fsp3) is 0.581. The summed E-state index contributed by atoms with van der Waals surface area (Å²) in [7, 11) is 1.77. The maximum Gasteiger partial charge on any atom is 0.156 e. The van der Waals surface area contributed by atoms with E-state index in [1.54, 1.807) is 19.6 Å². The van der Waals surface area contributed by atoms with Gasteiger partial charge in [-0.25, -0.2) is 0 Å². The Morgan fingerprint density at radius 2 is 1.91 bits per heavy atom. The summed E-state index contributed by atoms with van der Waals surface area (Å²) in [6.07, 6.45) is 13.0. The minimum absolute atomic E-state index is 0.0327. The van der Waals surface area contributed by atoms with Gasteiger partial charge >= 0.3 is 0 Å². The second-order valence-corrected chi connectivity index (χ2v) is 11.1. The molecule has 5 rings (SSSR count). The van der Waals surface area contributed by atoms with Crippen LogP contribution in [0.5, 0.6) is 5.75 Å². The van der Waals surface area contributed by atoms with Gasteiger partial charge in [0.2, 0.25) is 0 Å². The first-order valence-electron chi connectivity index (χ1n) is 12.9. The number of methoxy groups -OCH3 is 1. The van der Waals surface area contributed by atoms with Crippen LogP contribution in [0.15, 0.2) is 41.0 Å². The van der Waals surface area contributed by atoms with Crippen LogP contribution in [0.2, 0.25) is 0 Å². The molecule has 1 aromatic rings. The molecule has 5 atom stereocenters. The van der Waals surface area contributed by atoms with Crippen LogP contribution in [0.25, 0.3) is 0 Å². The normalized spacial score (nSPS) is 32.1. The van der Waals surface area contributed by atoms with Crippen LogP contribution in [-0.4, -0.2) is 24.1 Å². The van der Waals surface area contributed by atoms with Crippen LogP contribution in [0.4, 0.5) is 0 Å². The highest BCUT2D eigenvalue weighted by molar-refractivity contribution is 5.93. The van der Waals surface area contributed by atoms with Gasteiger partial charge in [0.1, 0.15) is 5.75 Å². The quantitative estimate of drug-likeness (QED) is 0.509. The number of allylic oxidation sites excluding steroid dienone is 4. The maximum absolute atomic E-state index is 12.1. The van der Waals surface area contributed by atoms with Gasteiger partial charge < -0.3 is 9.84 Å². The number of benzene rings is 1. The van der Waals surface area contributed by atoms with E-state index in [1.807, 2.05) is 6.08 Å². The van der Waals surface area contributed by atoms with Crippen molar-refractivity contribution in [3.63, 3.8) is 0 Å². The van der Waals surface area contributed by atoms with Crippen molar-refractivity contribution in [1.29, 1.82) is 0 Å². The van der Waals surface area contributed by atoms with Crippen molar-refractivity contribution in [1.82, 2.24) is 0 Å². The summed E-state index contributed by atoms with van der Waals surface area (Å²) in [6.45, 7) is 8.40. The number of aliphatic hydroxyl groups is 1. The third-order valence-electron chi connectivity index (χ3n) is 8.96. The lowest BCUT2D eigenvalue weighted by molar-refractivity contribution is -0.114. The van der Waals surface area contributed by atoms with Gasteiger partial charge in [-0.2, -0.15) is 0 Å². The largest absolute Gasteiger partial charge is 0.496 e. The molecule has 0 aromatic heterocycles. The molecule has 3 nitrogen and oxygen atoms in total. The first kappa shape index (κ1) is 24.8.